The van der Waals surface area contributed by atoms with Crippen LogP contribution in [0.1, 0.15) is 20.8 Å². The number of hydrogen-bond donors (Lipinski definition) is 2. The van der Waals surface area contributed by atoms with Crippen molar-refractivity contribution in [1.29, 1.82) is 0 Å². The molecule has 1 fully saturated rings. The van der Waals surface area contributed by atoms with E-state index in [0.717, 1.165) is 20.8 Å². The zero-order valence-corrected chi connectivity index (χ0v) is 19.0. The van der Waals surface area contributed by atoms with Crippen LogP contribution >= 0.6 is 34.8 Å². The van der Waals surface area contributed by atoms with Gasteiger partial charge in [0.2, 0.25) is 3.79 Å². The van der Waals surface area contributed by atoms with Gasteiger partial charge in [-0.1, -0.05) is 34.8 Å². The Balaban J connectivity index is 3.18. The number of aliphatic hydroxyl groups excluding tert-OH is 1. The van der Waals surface area contributed by atoms with Gasteiger partial charge in [0.1, 0.15) is 25.4 Å². The van der Waals surface area contributed by atoms with E-state index in [1.807, 2.05) is 4.72 Å². The molecule has 0 radical (unpaired) electrons. The summed E-state index contributed by atoms with van der Waals surface area (Å²) in [5.41, 5.74) is 0. The summed E-state index contributed by atoms with van der Waals surface area (Å²) in [6.07, 6.45) is -6.29. The molecule has 5 atom stereocenters. The fraction of sp³-hybridized carbons (Fsp3) is 0.786. The number of alkyl halides is 3. The topological polar surface area (TPSA) is 164 Å². The molecule has 174 valence electrons. The molecule has 0 aliphatic carbocycles. The minimum absolute atomic E-state index is 0.495. The molecule has 12 nitrogen and oxygen atoms in total. The first-order valence-corrected chi connectivity index (χ1v) is 10.7. The van der Waals surface area contributed by atoms with E-state index in [9.17, 15) is 27.9 Å². The molecule has 0 aromatic heterocycles. The first-order chi connectivity index (χ1) is 13.6. The highest BCUT2D eigenvalue weighted by Gasteiger charge is 2.51. The quantitative estimate of drug-likeness (QED) is 0.248. The van der Waals surface area contributed by atoms with Gasteiger partial charge in [-0.05, 0) is 0 Å². The van der Waals surface area contributed by atoms with Crippen LogP contribution in [0.5, 0.6) is 0 Å². The Morgan fingerprint density at radius 1 is 1.03 bits per heavy atom. The maximum Gasteiger partial charge on any atom is 0.336 e. The van der Waals surface area contributed by atoms with Crippen LogP contribution in [0.2, 0.25) is 0 Å². The molecule has 0 saturated carbocycles. The van der Waals surface area contributed by atoms with Gasteiger partial charge < -0.3 is 24.1 Å². The molecule has 16 heteroatoms. The van der Waals surface area contributed by atoms with Crippen molar-refractivity contribution in [3.63, 3.8) is 0 Å². The minimum atomic E-state index is -4.67. The lowest BCUT2D eigenvalue weighted by Gasteiger charge is -2.43. The van der Waals surface area contributed by atoms with E-state index in [4.69, 9.17) is 53.8 Å². The van der Waals surface area contributed by atoms with Crippen LogP contribution in [-0.4, -0.2) is 79.1 Å². The van der Waals surface area contributed by atoms with Gasteiger partial charge in [-0.2, -0.15) is 13.1 Å². The van der Waals surface area contributed by atoms with Gasteiger partial charge in [0.15, 0.2) is 18.5 Å². The highest BCUT2D eigenvalue weighted by atomic mass is 35.6. The first kappa shape index (κ1) is 27.1. The van der Waals surface area contributed by atoms with Crippen molar-refractivity contribution in [1.82, 2.24) is 4.72 Å². The van der Waals surface area contributed by atoms with E-state index < -0.39 is 75.9 Å². The number of ether oxygens (including phenoxy) is 4. The minimum Gasteiger partial charge on any atom is -0.463 e. The van der Waals surface area contributed by atoms with E-state index in [0.29, 0.717) is 0 Å². The van der Waals surface area contributed by atoms with Crippen molar-refractivity contribution < 1.29 is 51.0 Å². The molecule has 0 aromatic carbocycles. The molecule has 0 aromatic rings. The SMILES string of the molecule is CC(=O)OC[C@H]1O[C@H](O)[C@H](NS(=O)(=O)OCC(Cl)(Cl)Cl)[C@@H](OC(C)=O)[C@@H]1OC(C)=O. The summed E-state index contributed by atoms with van der Waals surface area (Å²) in [5.74, 6) is -2.45. The van der Waals surface area contributed by atoms with Gasteiger partial charge in [-0.3, -0.25) is 18.6 Å². The zero-order valence-electron chi connectivity index (χ0n) is 15.9. The second kappa shape index (κ2) is 11.1. The highest BCUT2D eigenvalue weighted by Crippen LogP contribution is 2.28. The number of aliphatic hydroxyl groups is 1. The summed E-state index contributed by atoms with van der Waals surface area (Å²) < 4.78 is 48.8. The zero-order chi connectivity index (χ0) is 23.3. The van der Waals surface area contributed by atoms with Gasteiger partial charge in [0.05, 0.1) is 0 Å². The van der Waals surface area contributed by atoms with Crippen LogP contribution in [0, 0.1) is 0 Å². The van der Waals surface area contributed by atoms with Crippen molar-refractivity contribution in [3.8, 4) is 0 Å². The molecule has 1 aliphatic rings. The Hall–Kier alpha value is -0.930. The van der Waals surface area contributed by atoms with Crippen molar-refractivity contribution in [2.24, 2.45) is 0 Å². The number of hydrogen-bond acceptors (Lipinski definition) is 11. The molecular formula is C14H20Cl3NO11S. The Labute approximate surface area is 187 Å². The molecule has 1 rings (SSSR count). The smallest absolute Gasteiger partial charge is 0.336 e. The Morgan fingerprint density at radius 2 is 1.57 bits per heavy atom. The molecule has 0 amide bonds. The van der Waals surface area contributed by atoms with E-state index in [1.165, 1.54) is 0 Å². The average molecular weight is 517 g/mol. The standard InChI is InChI=1S/C14H20Cl3NO11S/c1-6(19)25-4-9-11(27-7(2)20)12(28-8(3)21)10(13(22)29-9)18-30(23,24)26-5-14(15,16)17/h9-13,18,22H,4-5H2,1-3H3/t9-,10-,11-,12-,13+/m1/s1. The van der Waals surface area contributed by atoms with Crippen molar-refractivity contribution >= 4 is 63.0 Å². The van der Waals surface area contributed by atoms with Crippen molar-refractivity contribution in [2.45, 2.75) is 55.2 Å². The van der Waals surface area contributed by atoms with Crippen LogP contribution < -0.4 is 4.72 Å². The molecule has 1 saturated heterocycles. The molecular weight excluding hydrogens is 497 g/mol. The predicted octanol–water partition coefficient (Wildman–Crippen LogP) is -0.280. The largest absolute Gasteiger partial charge is 0.463 e. The summed E-state index contributed by atoms with van der Waals surface area (Å²) in [6, 6.07) is -1.70. The van der Waals surface area contributed by atoms with Gasteiger partial charge in [-0.25, -0.2) is 0 Å². The lowest BCUT2D eigenvalue weighted by molar-refractivity contribution is -0.262. The van der Waals surface area contributed by atoms with Crippen LogP contribution in [0.3, 0.4) is 0 Å². The third-order valence-electron chi connectivity index (χ3n) is 3.38. The van der Waals surface area contributed by atoms with Crippen molar-refractivity contribution in [2.75, 3.05) is 13.2 Å². The Bertz CT molecular complexity index is 742. The van der Waals surface area contributed by atoms with Gasteiger partial charge in [0, 0.05) is 20.8 Å². The Morgan fingerprint density at radius 3 is 2.03 bits per heavy atom. The van der Waals surface area contributed by atoms with Gasteiger partial charge in [-0.15, -0.1) is 0 Å². The second-order valence-corrected chi connectivity index (χ2v) is 9.89. The molecule has 0 bridgehead atoms. The molecule has 0 unspecified atom stereocenters. The number of nitrogens with one attached hydrogen (secondary N) is 1. The number of carbonyl (C=O) groups excluding carboxylic acids is 3. The normalized spacial score (nSPS) is 27.2. The third-order valence-corrected chi connectivity index (χ3v) is 4.70. The molecule has 1 aliphatic heterocycles. The molecule has 1 heterocycles. The van der Waals surface area contributed by atoms with Crippen molar-refractivity contribution in [3.05, 3.63) is 0 Å². The first-order valence-electron chi connectivity index (χ1n) is 8.16. The maximum atomic E-state index is 12.2. The summed E-state index contributed by atoms with van der Waals surface area (Å²) in [5, 5.41) is 10.3. The van der Waals surface area contributed by atoms with Crippen LogP contribution in [-0.2, 0) is 47.8 Å². The average Bonchev–Trinajstić information content (AvgIpc) is 2.56. The van der Waals surface area contributed by atoms with Crippen LogP contribution in [0.4, 0.5) is 0 Å². The molecule has 2 N–H and O–H groups in total. The summed E-state index contributed by atoms with van der Waals surface area (Å²) in [6.45, 7) is 1.76. The lowest BCUT2D eigenvalue weighted by atomic mass is 9.97. The van der Waals surface area contributed by atoms with E-state index in [2.05, 4.69) is 4.18 Å². The number of halogens is 3. The number of esters is 3. The maximum absolute atomic E-state index is 12.2. The summed E-state index contributed by atoms with van der Waals surface area (Å²) in [7, 11) is -4.67. The lowest BCUT2D eigenvalue weighted by Crippen LogP contribution is -2.66. The predicted molar refractivity (Wildman–Crippen MR) is 101 cm³/mol. The number of carbonyl (C=O) groups is 3. The summed E-state index contributed by atoms with van der Waals surface area (Å²) in [4.78, 5) is 34.2. The highest BCUT2D eigenvalue weighted by molar-refractivity contribution is 7.84. The molecule has 0 spiro atoms. The van der Waals surface area contributed by atoms with Gasteiger partial charge in [0.25, 0.3) is 0 Å². The van der Waals surface area contributed by atoms with E-state index >= 15 is 0 Å². The fourth-order valence-corrected chi connectivity index (χ4v) is 3.73. The Kier molecular flexibility index (Phi) is 10.0. The monoisotopic (exact) mass is 515 g/mol. The number of rotatable bonds is 8. The summed E-state index contributed by atoms with van der Waals surface area (Å²) >= 11 is 16.3. The van der Waals surface area contributed by atoms with Gasteiger partial charge >= 0.3 is 28.2 Å². The molecule has 30 heavy (non-hydrogen) atoms. The fourth-order valence-electron chi connectivity index (χ4n) is 2.39. The van der Waals surface area contributed by atoms with Crippen LogP contribution in [0.25, 0.3) is 0 Å². The van der Waals surface area contributed by atoms with Crippen LogP contribution in [0.15, 0.2) is 0 Å². The third kappa shape index (κ3) is 9.47. The van der Waals surface area contributed by atoms with E-state index in [1.54, 1.807) is 0 Å². The second-order valence-electron chi connectivity index (χ2n) is 5.99. The van der Waals surface area contributed by atoms with E-state index in [-0.39, 0.29) is 0 Å².